The van der Waals surface area contributed by atoms with Crippen LogP contribution in [0.1, 0.15) is 23.7 Å². The van der Waals surface area contributed by atoms with Crippen molar-refractivity contribution in [2.75, 3.05) is 25.7 Å². The Balaban J connectivity index is 1.82. The normalized spacial score (nSPS) is 16.5. The van der Waals surface area contributed by atoms with Crippen LogP contribution in [0.2, 0.25) is 0 Å². The fraction of sp³-hybridized carbons (Fsp3) is 0.316. The summed E-state index contributed by atoms with van der Waals surface area (Å²) in [6, 6.07) is 13.0. The number of para-hydroxylation sites is 1. The maximum absolute atomic E-state index is 12.8. The van der Waals surface area contributed by atoms with Crippen LogP contribution >= 0.6 is 0 Å². The van der Waals surface area contributed by atoms with E-state index in [2.05, 4.69) is 0 Å². The Kier molecular flexibility index (Phi) is 4.71. The number of fused-ring (bicyclic) bond motifs is 1. The predicted molar refractivity (Wildman–Crippen MR) is 91.6 cm³/mol. The molecule has 1 aliphatic rings. The Bertz CT molecular complexity index is 744. The van der Waals surface area contributed by atoms with Gasteiger partial charge in [0.15, 0.2) is 11.5 Å². The van der Waals surface area contributed by atoms with E-state index in [4.69, 9.17) is 9.47 Å². The molecule has 126 valence electrons. The van der Waals surface area contributed by atoms with Gasteiger partial charge in [-0.2, -0.15) is 0 Å². The molecule has 2 aromatic carbocycles. The maximum atomic E-state index is 12.8. The highest BCUT2D eigenvalue weighted by molar-refractivity contribution is 5.96. The van der Waals surface area contributed by atoms with Crippen LogP contribution in [0.3, 0.4) is 0 Å². The molecule has 0 saturated heterocycles. The monoisotopic (exact) mass is 327 g/mol. The summed E-state index contributed by atoms with van der Waals surface area (Å²) in [7, 11) is 3.16. The molecule has 24 heavy (non-hydrogen) atoms. The van der Waals surface area contributed by atoms with Crippen LogP contribution in [0.25, 0.3) is 0 Å². The van der Waals surface area contributed by atoms with Crippen molar-refractivity contribution in [2.45, 2.75) is 18.9 Å². The van der Waals surface area contributed by atoms with Crippen molar-refractivity contribution in [3.63, 3.8) is 0 Å². The number of methoxy groups -OCH3 is 2. The Hall–Kier alpha value is -2.53. The number of hydrogen-bond donors (Lipinski definition) is 1. The first kappa shape index (κ1) is 16.3. The van der Waals surface area contributed by atoms with Crippen LogP contribution in [-0.4, -0.2) is 31.8 Å². The highest BCUT2D eigenvalue weighted by atomic mass is 16.5. The molecule has 1 unspecified atom stereocenters. The number of hydrogen-bond acceptors (Lipinski definition) is 4. The molecular formula is C19H21NO4. The molecule has 1 amide bonds. The molecule has 0 aliphatic carbocycles. The number of carbonyl (C=O) groups excluding carboxylic acids is 1. The molecule has 1 atom stereocenters. The second kappa shape index (κ2) is 6.93. The summed E-state index contributed by atoms with van der Waals surface area (Å²) in [4.78, 5) is 14.5. The summed E-state index contributed by atoms with van der Waals surface area (Å²) < 4.78 is 10.5. The average Bonchev–Trinajstić information content (AvgIpc) is 2.62. The van der Waals surface area contributed by atoms with Crippen molar-refractivity contribution < 1.29 is 19.4 Å². The largest absolute Gasteiger partial charge is 0.493 e. The van der Waals surface area contributed by atoms with Crippen molar-refractivity contribution >= 4 is 11.6 Å². The van der Waals surface area contributed by atoms with E-state index >= 15 is 0 Å². The van der Waals surface area contributed by atoms with E-state index in [1.165, 1.54) is 0 Å². The van der Waals surface area contributed by atoms with Gasteiger partial charge < -0.3 is 19.5 Å². The van der Waals surface area contributed by atoms with Crippen molar-refractivity contribution in [1.29, 1.82) is 0 Å². The lowest BCUT2D eigenvalue weighted by Gasteiger charge is -2.32. The highest BCUT2D eigenvalue weighted by Crippen LogP contribution is 2.34. The van der Waals surface area contributed by atoms with E-state index in [0.29, 0.717) is 24.5 Å². The zero-order valence-electron chi connectivity index (χ0n) is 13.9. The van der Waals surface area contributed by atoms with Gasteiger partial charge in [0.05, 0.1) is 26.7 Å². The Morgan fingerprint density at radius 2 is 1.92 bits per heavy atom. The van der Waals surface area contributed by atoms with Gasteiger partial charge in [0, 0.05) is 17.8 Å². The highest BCUT2D eigenvalue weighted by Gasteiger charge is 2.27. The number of anilines is 1. The number of aliphatic hydroxyl groups excluding tert-OH is 1. The second-order valence-electron chi connectivity index (χ2n) is 5.77. The third-order valence-electron chi connectivity index (χ3n) is 4.32. The van der Waals surface area contributed by atoms with Crippen molar-refractivity contribution in [1.82, 2.24) is 0 Å². The van der Waals surface area contributed by atoms with E-state index < -0.39 is 6.10 Å². The van der Waals surface area contributed by atoms with Gasteiger partial charge in [-0.15, -0.1) is 0 Å². The number of amides is 1. The van der Waals surface area contributed by atoms with Crippen LogP contribution in [0.5, 0.6) is 11.5 Å². The molecule has 0 aromatic heterocycles. The van der Waals surface area contributed by atoms with E-state index in [1.54, 1.807) is 25.2 Å². The molecule has 0 fully saturated rings. The molecular weight excluding hydrogens is 306 g/mol. The van der Waals surface area contributed by atoms with Crippen LogP contribution in [0, 0.1) is 0 Å². The molecule has 0 saturated carbocycles. The minimum Gasteiger partial charge on any atom is -0.493 e. The molecule has 1 N–H and O–H groups in total. The third kappa shape index (κ3) is 3.08. The molecule has 1 heterocycles. The number of benzene rings is 2. The van der Waals surface area contributed by atoms with Crippen molar-refractivity contribution in [2.24, 2.45) is 0 Å². The topological polar surface area (TPSA) is 59.0 Å². The van der Waals surface area contributed by atoms with Crippen molar-refractivity contribution in [3.8, 4) is 11.5 Å². The lowest BCUT2D eigenvalue weighted by molar-refractivity contribution is -0.118. The minimum atomic E-state index is -0.508. The lowest BCUT2D eigenvalue weighted by Crippen LogP contribution is -2.37. The molecule has 0 radical (unpaired) electrons. The summed E-state index contributed by atoms with van der Waals surface area (Å²) in [5, 5.41) is 10.1. The number of rotatable bonds is 4. The first-order valence-electron chi connectivity index (χ1n) is 7.92. The zero-order chi connectivity index (χ0) is 17.1. The van der Waals surface area contributed by atoms with Gasteiger partial charge in [-0.3, -0.25) is 4.79 Å². The molecule has 0 bridgehead atoms. The van der Waals surface area contributed by atoms with E-state index in [1.807, 2.05) is 36.4 Å². The molecule has 5 nitrogen and oxygen atoms in total. The van der Waals surface area contributed by atoms with Gasteiger partial charge in [0.25, 0.3) is 0 Å². The predicted octanol–water partition coefficient (Wildman–Crippen LogP) is 2.72. The summed E-state index contributed by atoms with van der Waals surface area (Å²) >= 11 is 0. The Labute approximate surface area is 141 Å². The first-order valence-corrected chi connectivity index (χ1v) is 7.92. The smallest absolute Gasteiger partial charge is 0.231 e. The molecule has 2 aromatic rings. The maximum Gasteiger partial charge on any atom is 0.231 e. The van der Waals surface area contributed by atoms with Crippen LogP contribution < -0.4 is 14.4 Å². The van der Waals surface area contributed by atoms with Crippen molar-refractivity contribution in [3.05, 3.63) is 53.6 Å². The van der Waals surface area contributed by atoms with E-state index in [0.717, 1.165) is 16.8 Å². The van der Waals surface area contributed by atoms with Gasteiger partial charge in [-0.1, -0.05) is 24.3 Å². The van der Waals surface area contributed by atoms with Crippen LogP contribution in [-0.2, 0) is 11.2 Å². The molecule has 3 rings (SSSR count). The lowest BCUT2D eigenvalue weighted by atomic mass is 9.98. The van der Waals surface area contributed by atoms with Gasteiger partial charge in [-0.05, 0) is 30.2 Å². The number of carbonyl (C=O) groups is 1. The van der Waals surface area contributed by atoms with Gasteiger partial charge in [0.2, 0.25) is 5.91 Å². The fourth-order valence-electron chi connectivity index (χ4n) is 3.06. The second-order valence-corrected chi connectivity index (χ2v) is 5.77. The number of aliphatic hydroxyl groups is 1. The molecule has 0 spiro atoms. The minimum absolute atomic E-state index is 0.00145. The zero-order valence-corrected chi connectivity index (χ0v) is 13.9. The van der Waals surface area contributed by atoms with Gasteiger partial charge >= 0.3 is 0 Å². The first-order chi connectivity index (χ1) is 11.6. The molecule has 5 heteroatoms. The quantitative estimate of drug-likeness (QED) is 0.938. The standard InChI is InChI=1S/C19H21NO4/c1-23-17-8-7-13(11-18(17)24-2)12-19(22)20-10-9-16(21)14-5-3-4-6-15(14)20/h3-8,11,16,21H,9-10,12H2,1-2H3. The van der Waals surface area contributed by atoms with Gasteiger partial charge in [0.1, 0.15) is 0 Å². The Morgan fingerprint density at radius 3 is 2.67 bits per heavy atom. The summed E-state index contributed by atoms with van der Waals surface area (Å²) in [6.07, 6.45) is 0.311. The van der Waals surface area contributed by atoms with E-state index in [-0.39, 0.29) is 12.3 Å². The Morgan fingerprint density at radius 1 is 1.17 bits per heavy atom. The third-order valence-corrected chi connectivity index (χ3v) is 4.32. The number of ether oxygens (including phenoxy) is 2. The summed E-state index contributed by atoms with van der Waals surface area (Å²) in [5.41, 5.74) is 2.47. The summed E-state index contributed by atoms with van der Waals surface area (Å²) in [5.74, 6) is 1.25. The summed E-state index contributed by atoms with van der Waals surface area (Å²) in [6.45, 7) is 0.518. The van der Waals surface area contributed by atoms with Gasteiger partial charge in [-0.25, -0.2) is 0 Å². The number of nitrogens with zero attached hydrogens (tertiary/aromatic N) is 1. The fourth-order valence-corrected chi connectivity index (χ4v) is 3.06. The van der Waals surface area contributed by atoms with Crippen LogP contribution in [0.15, 0.2) is 42.5 Å². The average molecular weight is 327 g/mol. The van der Waals surface area contributed by atoms with E-state index in [9.17, 15) is 9.90 Å². The van der Waals surface area contributed by atoms with Crippen LogP contribution in [0.4, 0.5) is 5.69 Å². The SMILES string of the molecule is COc1ccc(CC(=O)N2CCC(O)c3ccccc32)cc1OC. The molecule has 1 aliphatic heterocycles.